The van der Waals surface area contributed by atoms with Gasteiger partial charge >= 0.3 is 0 Å². The van der Waals surface area contributed by atoms with E-state index in [0.717, 1.165) is 29.6 Å². The predicted molar refractivity (Wildman–Crippen MR) is 74.7 cm³/mol. The predicted octanol–water partition coefficient (Wildman–Crippen LogP) is 1.85. The zero-order valence-corrected chi connectivity index (χ0v) is 12.0. The van der Waals surface area contributed by atoms with Crippen molar-refractivity contribution in [2.24, 2.45) is 0 Å². The molecule has 1 aliphatic rings. The summed E-state index contributed by atoms with van der Waals surface area (Å²) in [4.78, 5) is 17.8. The molecule has 0 unspecified atom stereocenters. The normalized spacial score (nSPS) is 14.1. The molecule has 0 aromatic carbocycles. The highest BCUT2D eigenvalue weighted by Gasteiger charge is 2.15. The maximum Gasteiger partial charge on any atom is 0.272 e. The molecule has 0 radical (unpaired) electrons. The lowest BCUT2D eigenvalue weighted by Crippen LogP contribution is -2.25. The standard InChI is InChI=1S/C12H14N4OS2/c17-12(9-7-14-19-16-9)13-6-5-11-15-8-3-1-2-4-10(8)18-11/h7H,1-6H2,(H,13,17). The first-order valence-corrected chi connectivity index (χ1v) is 7.91. The third-order valence-corrected chi connectivity index (χ3v) is 4.80. The highest BCUT2D eigenvalue weighted by molar-refractivity contribution is 7.11. The number of amides is 1. The summed E-state index contributed by atoms with van der Waals surface area (Å²) in [5.74, 6) is -0.157. The van der Waals surface area contributed by atoms with Gasteiger partial charge in [0.1, 0.15) is 0 Å². The summed E-state index contributed by atoms with van der Waals surface area (Å²) >= 11 is 2.84. The van der Waals surface area contributed by atoms with Crippen LogP contribution in [0.15, 0.2) is 6.20 Å². The second-order valence-electron chi connectivity index (χ2n) is 4.48. The molecule has 0 bridgehead atoms. The zero-order valence-electron chi connectivity index (χ0n) is 10.4. The van der Waals surface area contributed by atoms with Crippen LogP contribution in [0.3, 0.4) is 0 Å². The molecule has 0 atom stereocenters. The van der Waals surface area contributed by atoms with Crippen molar-refractivity contribution in [3.8, 4) is 0 Å². The van der Waals surface area contributed by atoms with E-state index < -0.39 is 0 Å². The molecule has 5 nitrogen and oxygen atoms in total. The number of aromatic nitrogens is 3. The Morgan fingerprint density at radius 2 is 2.26 bits per heavy atom. The summed E-state index contributed by atoms with van der Waals surface area (Å²) in [6, 6.07) is 0. The number of hydrogen-bond acceptors (Lipinski definition) is 6. The van der Waals surface area contributed by atoms with Gasteiger partial charge in [-0.15, -0.1) is 11.3 Å². The van der Waals surface area contributed by atoms with Crippen LogP contribution in [0.25, 0.3) is 0 Å². The Labute approximate surface area is 119 Å². The fourth-order valence-corrected chi connectivity index (χ4v) is 3.72. The molecular formula is C12H14N4OS2. The van der Waals surface area contributed by atoms with E-state index in [4.69, 9.17) is 0 Å². The molecule has 0 saturated heterocycles. The first-order chi connectivity index (χ1) is 9.33. The molecule has 0 saturated carbocycles. The topological polar surface area (TPSA) is 67.8 Å². The third-order valence-electron chi connectivity index (χ3n) is 3.11. The van der Waals surface area contributed by atoms with Gasteiger partial charge in [0, 0.05) is 17.8 Å². The maximum absolute atomic E-state index is 11.7. The van der Waals surface area contributed by atoms with E-state index in [1.165, 1.54) is 36.0 Å². The van der Waals surface area contributed by atoms with E-state index >= 15 is 0 Å². The van der Waals surface area contributed by atoms with Crippen molar-refractivity contribution in [1.29, 1.82) is 0 Å². The number of carbonyl (C=O) groups is 1. The Kier molecular flexibility index (Phi) is 3.84. The molecule has 0 aliphatic heterocycles. The molecule has 2 aromatic heterocycles. The fraction of sp³-hybridized carbons (Fsp3) is 0.500. The van der Waals surface area contributed by atoms with E-state index in [1.54, 1.807) is 11.3 Å². The summed E-state index contributed by atoms with van der Waals surface area (Å²) in [5.41, 5.74) is 1.67. The quantitative estimate of drug-likeness (QED) is 0.934. The smallest absolute Gasteiger partial charge is 0.272 e. The molecule has 1 N–H and O–H groups in total. The highest BCUT2D eigenvalue weighted by Crippen LogP contribution is 2.26. The maximum atomic E-state index is 11.7. The molecule has 3 rings (SSSR count). The average Bonchev–Trinajstić information content (AvgIpc) is 3.07. The lowest BCUT2D eigenvalue weighted by Gasteiger charge is -2.06. The van der Waals surface area contributed by atoms with E-state index in [2.05, 4.69) is 19.0 Å². The Morgan fingerprint density at radius 3 is 3.05 bits per heavy atom. The number of aryl methyl sites for hydroxylation is 2. The van der Waals surface area contributed by atoms with Crippen molar-refractivity contribution in [2.75, 3.05) is 6.54 Å². The molecule has 100 valence electrons. The zero-order chi connectivity index (χ0) is 13.1. The van der Waals surface area contributed by atoms with Crippen molar-refractivity contribution in [1.82, 2.24) is 19.0 Å². The molecule has 1 aliphatic carbocycles. The summed E-state index contributed by atoms with van der Waals surface area (Å²) in [6.45, 7) is 0.600. The number of nitrogens with zero attached hydrogens (tertiary/aromatic N) is 3. The number of rotatable bonds is 4. The van der Waals surface area contributed by atoms with E-state index in [-0.39, 0.29) is 5.91 Å². The molecule has 0 fully saturated rings. The van der Waals surface area contributed by atoms with Crippen LogP contribution >= 0.6 is 23.1 Å². The summed E-state index contributed by atoms with van der Waals surface area (Å²) < 4.78 is 7.71. The molecule has 2 heterocycles. The monoisotopic (exact) mass is 294 g/mol. The van der Waals surface area contributed by atoms with Gasteiger partial charge in [0.15, 0.2) is 5.69 Å². The number of carbonyl (C=O) groups excluding carboxylic acids is 1. The average molecular weight is 294 g/mol. The SMILES string of the molecule is O=C(NCCc1nc2c(s1)CCCC2)c1cnsn1. The minimum atomic E-state index is -0.157. The Morgan fingerprint density at radius 1 is 1.37 bits per heavy atom. The Hall–Kier alpha value is -1.34. The van der Waals surface area contributed by atoms with Gasteiger partial charge in [-0.05, 0) is 25.7 Å². The largest absolute Gasteiger partial charge is 0.350 e. The van der Waals surface area contributed by atoms with Gasteiger partial charge < -0.3 is 5.32 Å². The van der Waals surface area contributed by atoms with Gasteiger partial charge in [-0.1, -0.05) is 0 Å². The van der Waals surface area contributed by atoms with Crippen molar-refractivity contribution in [2.45, 2.75) is 32.1 Å². The summed E-state index contributed by atoms with van der Waals surface area (Å²) in [5, 5.41) is 3.97. The fourth-order valence-electron chi connectivity index (χ4n) is 2.15. The molecule has 7 heteroatoms. The van der Waals surface area contributed by atoms with Gasteiger partial charge in [-0.2, -0.15) is 8.75 Å². The molecule has 1 amide bonds. The lowest BCUT2D eigenvalue weighted by atomic mass is 10.0. The summed E-state index contributed by atoms with van der Waals surface area (Å²) in [6.07, 6.45) is 7.10. The number of nitrogens with one attached hydrogen (secondary N) is 1. The lowest BCUT2D eigenvalue weighted by molar-refractivity contribution is 0.0950. The van der Waals surface area contributed by atoms with Gasteiger partial charge in [0.25, 0.3) is 5.91 Å². The van der Waals surface area contributed by atoms with Crippen LogP contribution in [0.5, 0.6) is 0 Å². The minimum absolute atomic E-state index is 0.157. The molecule has 19 heavy (non-hydrogen) atoms. The van der Waals surface area contributed by atoms with Crippen LogP contribution in [0, 0.1) is 0 Å². The second-order valence-corrected chi connectivity index (χ2v) is 6.21. The van der Waals surface area contributed by atoms with Gasteiger partial charge in [-0.25, -0.2) is 4.98 Å². The van der Waals surface area contributed by atoms with E-state index in [9.17, 15) is 4.79 Å². The van der Waals surface area contributed by atoms with Gasteiger partial charge in [0.2, 0.25) is 0 Å². The Balaban J connectivity index is 1.52. The van der Waals surface area contributed by atoms with Crippen molar-refractivity contribution < 1.29 is 4.79 Å². The first-order valence-electron chi connectivity index (χ1n) is 6.36. The third kappa shape index (κ3) is 2.98. The van der Waals surface area contributed by atoms with Crippen molar-refractivity contribution in [3.05, 3.63) is 27.5 Å². The minimum Gasteiger partial charge on any atom is -0.350 e. The van der Waals surface area contributed by atoms with Gasteiger partial charge in [-0.3, -0.25) is 4.79 Å². The number of fused-ring (bicyclic) bond motifs is 1. The Bertz CT molecular complexity index is 541. The van der Waals surface area contributed by atoms with E-state index in [0.29, 0.717) is 12.2 Å². The van der Waals surface area contributed by atoms with Crippen LogP contribution in [0.1, 0.15) is 38.9 Å². The summed E-state index contributed by atoms with van der Waals surface area (Å²) in [7, 11) is 0. The first kappa shape index (κ1) is 12.7. The van der Waals surface area contributed by atoms with Crippen LogP contribution in [-0.4, -0.2) is 26.2 Å². The van der Waals surface area contributed by atoms with Crippen LogP contribution < -0.4 is 5.32 Å². The van der Waals surface area contributed by atoms with Crippen molar-refractivity contribution in [3.63, 3.8) is 0 Å². The number of thiazole rings is 1. The van der Waals surface area contributed by atoms with Crippen LogP contribution in [0.2, 0.25) is 0 Å². The molecule has 0 spiro atoms. The number of hydrogen-bond donors (Lipinski definition) is 1. The van der Waals surface area contributed by atoms with E-state index in [1.807, 2.05) is 0 Å². The second kappa shape index (κ2) is 5.75. The van der Waals surface area contributed by atoms with Crippen LogP contribution in [0.4, 0.5) is 0 Å². The van der Waals surface area contributed by atoms with Crippen LogP contribution in [-0.2, 0) is 19.3 Å². The molecular weight excluding hydrogens is 280 g/mol. The molecule has 2 aromatic rings. The highest BCUT2D eigenvalue weighted by atomic mass is 32.1. The van der Waals surface area contributed by atoms with Crippen molar-refractivity contribution >= 4 is 29.0 Å². The van der Waals surface area contributed by atoms with Gasteiger partial charge in [0.05, 0.1) is 28.6 Å².